The van der Waals surface area contributed by atoms with Crippen molar-refractivity contribution in [1.29, 1.82) is 0 Å². The molecule has 0 aromatic rings. The van der Waals surface area contributed by atoms with Crippen LogP contribution in [0.25, 0.3) is 0 Å². The molecule has 2 rings (SSSR count). The third-order valence-electron chi connectivity index (χ3n) is 5.66. The minimum Gasteiger partial charge on any atom is -0.469 e. The summed E-state index contributed by atoms with van der Waals surface area (Å²) >= 11 is 0. The molecule has 108 valence electrons. The first-order valence-electron chi connectivity index (χ1n) is 7.33. The first kappa shape index (κ1) is 14.6. The van der Waals surface area contributed by atoms with Crippen molar-refractivity contribution in [3.63, 3.8) is 0 Å². The van der Waals surface area contributed by atoms with Crippen molar-refractivity contribution >= 4 is 5.97 Å². The lowest BCUT2D eigenvalue weighted by Crippen LogP contribution is -2.48. The highest BCUT2D eigenvalue weighted by atomic mass is 16.5. The van der Waals surface area contributed by atoms with Gasteiger partial charge in [-0.05, 0) is 43.9 Å². The second-order valence-corrected chi connectivity index (χ2v) is 6.62. The summed E-state index contributed by atoms with van der Waals surface area (Å²) in [5.74, 6) is 0.534. The number of ether oxygens (including phenoxy) is 1. The zero-order valence-electron chi connectivity index (χ0n) is 12.3. The number of hydrogen-bond donors (Lipinski definition) is 1. The van der Waals surface area contributed by atoms with E-state index in [9.17, 15) is 9.90 Å². The first-order valence-corrected chi connectivity index (χ1v) is 7.33. The maximum Gasteiger partial charge on any atom is 0.308 e. The molecule has 2 fully saturated rings. The zero-order chi connectivity index (χ0) is 14.2. The Morgan fingerprint density at radius 3 is 2.84 bits per heavy atom. The van der Waals surface area contributed by atoms with Gasteiger partial charge in [0.2, 0.25) is 0 Å². The summed E-state index contributed by atoms with van der Waals surface area (Å²) < 4.78 is 4.86. The van der Waals surface area contributed by atoms with Crippen molar-refractivity contribution in [1.82, 2.24) is 0 Å². The second kappa shape index (κ2) is 5.28. The van der Waals surface area contributed by atoms with Gasteiger partial charge in [-0.15, -0.1) is 0 Å². The number of carbonyl (C=O) groups is 1. The highest BCUT2D eigenvalue weighted by Crippen LogP contribution is 2.54. The normalized spacial score (nSPS) is 40.4. The Morgan fingerprint density at radius 1 is 1.53 bits per heavy atom. The Hall–Kier alpha value is -0.830. The molecule has 5 unspecified atom stereocenters. The van der Waals surface area contributed by atoms with Crippen molar-refractivity contribution in [2.24, 2.45) is 23.2 Å². The zero-order valence-corrected chi connectivity index (χ0v) is 12.3. The molecular weight excluding hydrogens is 240 g/mol. The van der Waals surface area contributed by atoms with Crippen LogP contribution in [0.2, 0.25) is 0 Å². The van der Waals surface area contributed by atoms with Crippen LogP contribution in [-0.2, 0) is 9.53 Å². The summed E-state index contributed by atoms with van der Waals surface area (Å²) in [5.41, 5.74) is 1.22. The van der Waals surface area contributed by atoms with Crippen LogP contribution >= 0.6 is 0 Å². The van der Waals surface area contributed by atoms with Crippen molar-refractivity contribution in [3.8, 4) is 0 Å². The fourth-order valence-electron chi connectivity index (χ4n) is 4.05. The van der Waals surface area contributed by atoms with Gasteiger partial charge < -0.3 is 9.84 Å². The quantitative estimate of drug-likeness (QED) is 0.617. The topological polar surface area (TPSA) is 46.5 Å². The number of aliphatic hydroxyl groups excluding tert-OH is 1. The highest BCUT2D eigenvalue weighted by Gasteiger charge is 2.49. The van der Waals surface area contributed by atoms with Gasteiger partial charge in [-0.3, -0.25) is 4.79 Å². The fraction of sp³-hybridized carbons (Fsp3) is 0.812. The monoisotopic (exact) mass is 266 g/mol. The van der Waals surface area contributed by atoms with Gasteiger partial charge in [-0.1, -0.05) is 26.0 Å². The summed E-state index contributed by atoms with van der Waals surface area (Å²) in [6.07, 6.45) is 4.46. The van der Waals surface area contributed by atoms with E-state index in [-0.39, 0.29) is 23.4 Å². The van der Waals surface area contributed by atoms with Crippen LogP contribution < -0.4 is 0 Å². The highest BCUT2D eigenvalue weighted by molar-refractivity contribution is 5.72. The second-order valence-electron chi connectivity index (χ2n) is 6.62. The Balaban J connectivity index is 2.13. The van der Waals surface area contributed by atoms with Crippen LogP contribution in [0.3, 0.4) is 0 Å². The number of carbonyl (C=O) groups excluding carboxylic acids is 1. The van der Waals surface area contributed by atoms with Gasteiger partial charge in [0.1, 0.15) is 0 Å². The predicted octanol–water partition coefficient (Wildman–Crippen LogP) is 2.93. The lowest BCUT2D eigenvalue weighted by Gasteiger charge is -2.52. The SMILES string of the molecule is C=C1CCC(O)C2(C)CCC(C(C)C(=O)OC)CC12. The van der Waals surface area contributed by atoms with E-state index in [1.54, 1.807) is 0 Å². The lowest BCUT2D eigenvalue weighted by atomic mass is 9.54. The summed E-state index contributed by atoms with van der Waals surface area (Å²) in [7, 11) is 1.45. The molecule has 0 saturated heterocycles. The number of aliphatic hydroxyl groups is 1. The van der Waals surface area contributed by atoms with E-state index in [0.717, 1.165) is 32.1 Å². The largest absolute Gasteiger partial charge is 0.469 e. The molecule has 1 N–H and O–H groups in total. The van der Waals surface area contributed by atoms with Gasteiger partial charge in [0, 0.05) is 5.41 Å². The Kier molecular flexibility index (Phi) is 4.05. The lowest BCUT2D eigenvalue weighted by molar-refractivity contribution is -0.148. The summed E-state index contributed by atoms with van der Waals surface area (Å²) in [6.45, 7) is 8.36. The van der Waals surface area contributed by atoms with Gasteiger partial charge in [-0.2, -0.15) is 0 Å². The number of allylic oxidation sites excluding steroid dienone is 1. The molecule has 0 bridgehead atoms. The molecule has 0 aliphatic heterocycles. The third-order valence-corrected chi connectivity index (χ3v) is 5.66. The standard InChI is InChI=1S/C16H26O3/c1-10-5-6-14(17)16(3)8-7-12(9-13(10)16)11(2)15(18)19-4/h11-14,17H,1,5-9H2,2-4H3. The van der Waals surface area contributed by atoms with Crippen LogP contribution in [0, 0.1) is 23.2 Å². The molecule has 2 aliphatic carbocycles. The number of esters is 1. The first-order chi connectivity index (χ1) is 8.90. The average molecular weight is 266 g/mol. The molecule has 2 aliphatic rings. The molecule has 0 radical (unpaired) electrons. The van der Waals surface area contributed by atoms with E-state index in [0.29, 0.717) is 11.8 Å². The van der Waals surface area contributed by atoms with Crippen LogP contribution in [-0.4, -0.2) is 24.3 Å². The maximum absolute atomic E-state index is 11.7. The van der Waals surface area contributed by atoms with Crippen molar-refractivity contribution in [3.05, 3.63) is 12.2 Å². The van der Waals surface area contributed by atoms with E-state index >= 15 is 0 Å². The Bertz CT molecular complexity index is 376. The van der Waals surface area contributed by atoms with Crippen LogP contribution in [0.4, 0.5) is 0 Å². The van der Waals surface area contributed by atoms with Gasteiger partial charge in [-0.25, -0.2) is 0 Å². The smallest absolute Gasteiger partial charge is 0.308 e. The number of rotatable bonds is 2. The minimum atomic E-state index is -0.225. The molecule has 5 atom stereocenters. The molecule has 2 saturated carbocycles. The van der Waals surface area contributed by atoms with Crippen LogP contribution in [0.1, 0.15) is 46.0 Å². The summed E-state index contributed by atoms with van der Waals surface area (Å²) in [6, 6.07) is 0. The molecule has 3 nitrogen and oxygen atoms in total. The number of methoxy groups -OCH3 is 1. The average Bonchev–Trinajstić information content (AvgIpc) is 2.41. The van der Waals surface area contributed by atoms with Crippen LogP contribution in [0.5, 0.6) is 0 Å². The third kappa shape index (κ3) is 2.45. The Morgan fingerprint density at radius 2 is 2.21 bits per heavy atom. The predicted molar refractivity (Wildman–Crippen MR) is 74.5 cm³/mol. The van der Waals surface area contributed by atoms with Gasteiger partial charge in [0.25, 0.3) is 0 Å². The van der Waals surface area contributed by atoms with E-state index in [2.05, 4.69) is 13.5 Å². The van der Waals surface area contributed by atoms with Gasteiger partial charge in [0.15, 0.2) is 0 Å². The van der Waals surface area contributed by atoms with E-state index in [4.69, 9.17) is 4.74 Å². The van der Waals surface area contributed by atoms with Crippen molar-refractivity contribution in [2.75, 3.05) is 7.11 Å². The van der Waals surface area contributed by atoms with Gasteiger partial charge >= 0.3 is 5.97 Å². The molecular formula is C16H26O3. The fourth-order valence-corrected chi connectivity index (χ4v) is 4.05. The van der Waals surface area contributed by atoms with Crippen molar-refractivity contribution in [2.45, 2.75) is 52.1 Å². The van der Waals surface area contributed by atoms with Crippen molar-refractivity contribution < 1.29 is 14.6 Å². The van der Waals surface area contributed by atoms with E-state index in [1.807, 2.05) is 6.92 Å². The summed E-state index contributed by atoms with van der Waals surface area (Å²) in [5, 5.41) is 10.3. The molecule has 0 heterocycles. The number of fused-ring (bicyclic) bond motifs is 1. The van der Waals surface area contributed by atoms with E-state index < -0.39 is 0 Å². The maximum atomic E-state index is 11.7. The summed E-state index contributed by atoms with van der Waals surface area (Å²) in [4.78, 5) is 11.7. The van der Waals surface area contributed by atoms with Crippen LogP contribution in [0.15, 0.2) is 12.2 Å². The molecule has 0 spiro atoms. The minimum absolute atomic E-state index is 0.0400. The molecule has 0 amide bonds. The molecule has 0 aromatic carbocycles. The molecule has 3 heteroatoms. The molecule has 0 aromatic heterocycles. The van der Waals surface area contributed by atoms with E-state index in [1.165, 1.54) is 12.7 Å². The Labute approximate surface area is 116 Å². The molecule has 19 heavy (non-hydrogen) atoms. The van der Waals surface area contributed by atoms with Gasteiger partial charge in [0.05, 0.1) is 19.1 Å². The number of hydrogen-bond acceptors (Lipinski definition) is 3.